The zero-order valence-electron chi connectivity index (χ0n) is 43.4. The molecule has 2 saturated heterocycles. The van der Waals surface area contributed by atoms with Crippen LogP contribution in [-0.4, -0.2) is 140 Å². The molecule has 0 aliphatic carbocycles. The fourth-order valence-electron chi connectivity index (χ4n) is 8.41. The fraction of sp³-hybridized carbons (Fsp3) is 0.737. The second kappa shape index (κ2) is 42.5. The van der Waals surface area contributed by atoms with Gasteiger partial charge in [0.2, 0.25) is 5.91 Å². The number of aliphatic hydroxyl groups excluding tert-OH is 8. The highest BCUT2D eigenvalue weighted by molar-refractivity contribution is 5.76. The van der Waals surface area contributed by atoms with Gasteiger partial charge in [-0.05, 0) is 70.6 Å². The molecule has 1 amide bonds. The van der Waals surface area contributed by atoms with Gasteiger partial charge in [-0.2, -0.15) is 0 Å². The highest BCUT2D eigenvalue weighted by Crippen LogP contribution is 2.30. The summed E-state index contributed by atoms with van der Waals surface area (Å²) in [6, 6.07) is -0.943. The normalized spacial score (nSPS) is 26.5. The van der Waals surface area contributed by atoms with E-state index in [9.17, 15) is 45.6 Å². The van der Waals surface area contributed by atoms with Crippen LogP contribution in [0.1, 0.15) is 174 Å². The summed E-state index contributed by atoms with van der Waals surface area (Å²) in [4.78, 5) is 13.2. The molecule has 14 nitrogen and oxygen atoms in total. The van der Waals surface area contributed by atoms with E-state index in [0.29, 0.717) is 6.42 Å². The topological polar surface area (TPSA) is 228 Å². The van der Waals surface area contributed by atoms with Crippen LogP contribution in [0.3, 0.4) is 0 Å². The molecule has 408 valence electrons. The minimum atomic E-state index is -1.80. The van der Waals surface area contributed by atoms with Gasteiger partial charge < -0.3 is 65.1 Å². The predicted molar refractivity (Wildman–Crippen MR) is 281 cm³/mol. The highest BCUT2D eigenvalue weighted by Gasteiger charge is 2.51. The van der Waals surface area contributed by atoms with Crippen LogP contribution < -0.4 is 5.32 Å². The number of carbonyl (C=O) groups is 1. The molecular weight excluding hydrogens is 907 g/mol. The Bertz CT molecular complexity index is 1510. The van der Waals surface area contributed by atoms with Crippen molar-refractivity contribution in [3.63, 3.8) is 0 Å². The Morgan fingerprint density at radius 3 is 1.49 bits per heavy atom. The minimum Gasteiger partial charge on any atom is -0.394 e. The number of amides is 1. The van der Waals surface area contributed by atoms with Crippen LogP contribution in [0.5, 0.6) is 0 Å². The van der Waals surface area contributed by atoms with Crippen molar-refractivity contribution in [2.24, 2.45) is 0 Å². The number of aliphatic hydroxyl groups is 8. The number of carbonyl (C=O) groups excluding carboxylic acids is 1. The molecular formula is C57H97NO13. The van der Waals surface area contributed by atoms with Gasteiger partial charge in [0, 0.05) is 6.42 Å². The average Bonchev–Trinajstić information content (AvgIpc) is 3.37. The van der Waals surface area contributed by atoms with Gasteiger partial charge in [-0.25, -0.2) is 0 Å². The summed E-state index contributed by atoms with van der Waals surface area (Å²) >= 11 is 0. The average molecular weight is 1000 g/mol. The summed E-state index contributed by atoms with van der Waals surface area (Å²) in [5.74, 6) is -0.285. The Kier molecular flexibility index (Phi) is 38.5. The summed E-state index contributed by atoms with van der Waals surface area (Å²) in [6.07, 6.45) is 39.0. The number of allylic oxidation sites excluding steroid dienone is 13. The van der Waals surface area contributed by atoms with Gasteiger partial charge in [0.1, 0.15) is 48.8 Å². The third-order valence-corrected chi connectivity index (χ3v) is 12.8. The Labute approximate surface area is 427 Å². The van der Waals surface area contributed by atoms with Crippen molar-refractivity contribution in [3.05, 3.63) is 85.1 Å². The summed E-state index contributed by atoms with van der Waals surface area (Å²) < 4.78 is 22.7. The lowest BCUT2D eigenvalue weighted by Crippen LogP contribution is -2.65. The van der Waals surface area contributed by atoms with Crippen molar-refractivity contribution >= 4 is 5.91 Å². The van der Waals surface area contributed by atoms with Crippen molar-refractivity contribution in [1.29, 1.82) is 0 Å². The van der Waals surface area contributed by atoms with Gasteiger partial charge >= 0.3 is 0 Å². The Morgan fingerprint density at radius 1 is 0.521 bits per heavy atom. The number of hydrogen-bond donors (Lipinski definition) is 9. The maximum Gasteiger partial charge on any atom is 0.220 e. The maximum atomic E-state index is 13.2. The minimum absolute atomic E-state index is 0.222. The SMILES string of the molecule is CC/C=C\C/C=C\C/C=C\C/C=C\C/C=C\C/C=C\CCCCC(=O)NC(COC1OC(CO)C(OC2OC(CO)C(O)C(O)C2O)C(O)C1O)C(O)/C=C/CCCCCCCCCCCCCCCC. The Morgan fingerprint density at radius 2 is 0.972 bits per heavy atom. The molecule has 14 heteroatoms. The van der Waals surface area contributed by atoms with Crippen LogP contribution in [0, 0.1) is 0 Å². The number of nitrogens with one attached hydrogen (secondary N) is 1. The van der Waals surface area contributed by atoms with Crippen LogP contribution in [-0.2, 0) is 23.7 Å². The largest absolute Gasteiger partial charge is 0.394 e. The first kappa shape index (κ1) is 64.3. The molecule has 0 spiro atoms. The smallest absolute Gasteiger partial charge is 0.220 e. The van der Waals surface area contributed by atoms with E-state index in [1.54, 1.807) is 6.08 Å². The molecule has 2 heterocycles. The number of ether oxygens (including phenoxy) is 4. The Balaban J connectivity index is 1.85. The second-order valence-electron chi connectivity index (χ2n) is 19.0. The van der Waals surface area contributed by atoms with E-state index in [4.69, 9.17) is 18.9 Å². The lowest BCUT2D eigenvalue weighted by molar-refractivity contribution is -0.359. The second-order valence-corrected chi connectivity index (χ2v) is 19.0. The first-order valence-corrected chi connectivity index (χ1v) is 27.3. The van der Waals surface area contributed by atoms with Gasteiger partial charge in [-0.3, -0.25) is 4.79 Å². The van der Waals surface area contributed by atoms with Gasteiger partial charge in [0.05, 0.1) is 32.0 Å². The van der Waals surface area contributed by atoms with E-state index < -0.39 is 86.8 Å². The van der Waals surface area contributed by atoms with Crippen LogP contribution in [0.25, 0.3) is 0 Å². The number of hydrogen-bond acceptors (Lipinski definition) is 13. The summed E-state index contributed by atoms with van der Waals surface area (Å²) in [5.41, 5.74) is 0. The van der Waals surface area contributed by atoms with E-state index >= 15 is 0 Å². The van der Waals surface area contributed by atoms with Crippen LogP contribution >= 0.6 is 0 Å². The third kappa shape index (κ3) is 29.0. The highest BCUT2D eigenvalue weighted by atomic mass is 16.7. The quantitative estimate of drug-likeness (QED) is 0.0208. The standard InChI is InChI=1S/C57H97NO13/c1-3-5-7-9-11-13-15-17-19-21-22-23-24-25-27-29-31-33-35-37-39-41-49(62)58-45(46(61)40-38-36-34-32-30-28-26-20-18-16-14-12-10-8-6-4-2)44-68-56-54(67)52(65)55(48(43-60)70-56)71-57-53(66)51(64)50(63)47(42-59)69-57/h5,7,11,13,17,19,22-23,25,27,31,33,38,40,45-48,50-57,59-61,63-67H,3-4,6,8-10,12,14-16,18,20-21,24,26,28-30,32,34-37,39,41-44H2,1-2H3,(H,58,62)/b7-5-,13-11-,19-17-,23-22-,27-25-,33-31-,40-38+. The van der Waals surface area contributed by atoms with Gasteiger partial charge in [-0.15, -0.1) is 0 Å². The van der Waals surface area contributed by atoms with Crippen molar-refractivity contribution in [1.82, 2.24) is 5.32 Å². The van der Waals surface area contributed by atoms with Crippen LogP contribution in [0.15, 0.2) is 85.1 Å². The van der Waals surface area contributed by atoms with E-state index in [1.807, 2.05) is 6.08 Å². The summed E-state index contributed by atoms with van der Waals surface area (Å²) in [7, 11) is 0. The molecule has 9 N–H and O–H groups in total. The lowest BCUT2D eigenvalue weighted by Gasteiger charge is -2.46. The zero-order chi connectivity index (χ0) is 51.7. The molecule has 0 aromatic carbocycles. The van der Waals surface area contributed by atoms with E-state index in [-0.39, 0.29) is 18.9 Å². The number of rotatable bonds is 41. The summed E-state index contributed by atoms with van der Waals surface area (Å²) in [5, 5.41) is 86.9. The van der Waals surface area contributed by atoms with E-state index in [0.717, 1.165) is 70.6 Å². The molecule has 71 heavy (non-hydrogen) atoms. The molecule has 0 radical (unpaired) electrons. The summed E-state index contributed by atoms with van der Waals surface area (Å²) in [6.45, 7) is 2.63. The maximum absolute atomic E-state index is 13.2. The molecule has 0 aromatic heterocycles. The van der Waals surface area contributed by atoms with Crippen LogP contribution in [0.2, 0.25) is 0 Å². The van der Waals surface area contributed by atoms with Gasteiger partial charge in [-0.1, -0.05) is 182 Å². The van der Waals surface area contributed by atoms with Crippen LogP contribution in [0.4, 0.5) is 0 Å². The van der Waals surface area contributed by atoms with Crippen molar-refractivity contribution < 1.29 is 64.6 Å². The molecule has 0 saturated carbocycles. The van der Waals surface area contributed by atoms with Gasteiger partial charge in [0.25, 0.3) is 0 Å². The molecule has 0 bridgehead atoms. The lowest BCUT2D eigenvalue weighted by atomic mass is 9.97. The molecule has 12 unspecified atom stereocenters. The molecule has 12 atom stereocenters. The number of unbranched alkanes of at least 4 members (excludes halogenated alkanes) is 16. The van der Waals surface area contributed by atoms with E-state index in [2.05, 4.69) is 92.1 Å². The molecule has 2 fully saturated rings. The van der Waals surface area contributed by atoms with Gasteiger partial charge in [0.15, 0.2) is 12.6 Å². The fourth-order valence-corrected chi connectivity index (χ4v) is 8.41. The first-order chi connectivity index (χ1) is 34.6. The third-order valence-electron chi connectivity index (χ3n) is 12.8. The molecule has 0 aromatic rings. The van der Waals surface area contributed by atoms with Crippen molar-refractivity contribution in [2.45, 2.75) is 248 Å². The predicted octanol–water partition coefficient (Wildman–Crippen LogP) is 8.16. The zero-order valence-corrected chi connectivity index (χ0v) is 43.4. The molecule has 2 aliphatic heterocycles. The van der Waals surface area contributed by atoms with E-state index in [1.165, 1.54) is 77.0 Å². The van der Waals surface area contributed by atoms with Crippen molar-refractivity contribution in [2.75, 3.05) is 19.8 Å². The monoisotopic (exact) mass is 1000 g/mol. The van der Waals surface area contributed by atoms with Crippen molar-refractivity contribution in [3.8, 4) is 0 Å². The first-order valence-electron chi connectivity index (χ1n) is 27.3. The Hall–Kier alpha value is -2.83. The molecule has 2 aliphatic rings. The molecule has 2 rings (SSSR count).